The molecule has 20 heavy (non-hydrogen) atoms. The topological polar surface area (TPSA) is 71.1 Å². The number of benzene rings is 1. The van der Waals surface area contributed by atoms with Gasteiger partial charge in [-0.3, -0.25) is 25.4 Å². The van der Waals surface area contributed by atoms with Crippen LogP contribution in [0.5, 0.6) is 0 Å². The van der Waals surface area contributed by atoms with Gasteiger partial charge in [0.15, 0.2) is 0 Å². The lowest BCUT2D eigenvalue weighted by atomic mass is 10.2. The van der Waals surface area contributed by atoms with Gasteiger partial charge in [-0.1, -0.05) is 15.9 Å². The second-order valence-electron chi connectivity index (χ2n) is 3.77. The quantitative estimate of drug-likeness (QED) is 0.551. The average Bonchev–Trinajstić information content (AvgIpc) is 2.47. The van der Waals surface area contributed by atoms with E-state index in [1.165, 1.54) is 6.20 Å². The molecule has 7 heteroatoms. The molecule has 5 nitrogen and oxygen atoms in total. The van der Waals surface area contributed by atoms with Crippen LogP contribution in [0, 0.1) is 3.57 Å². The first-order valence-electron chi connectivity index (χ1n) is 5.53. The fraction of sp³-hybridized carbons (Fsp3) is 0. The molecule has 0 spiro atoms. The first kappa shape index (κ1) is 14.9. The van der Waals surface area contributed by atoms with Crippen molar-refractivity contribution in [2.45, 2.75) is 0 Å². The fourth-order valence-electron chi connectivity index (χ4n) is 1.42. The van der Waals surface area contributed by atoms with E-state index in [1.807, 2.05) is 12.1 Å². The molecular weight excluding hydrogens is 437 g/mol. The number of nitrogens with zero attached hydrogens (tertiary/aromatic N) is 1. The lowest BCUT2D eigenvalue weighted by Crippen LogP contribution is -2.41. The predicted octanol–water partition coefficient (Wildman–Crippen LogP) is 2.52. The maximum absolute atomic E-state index is 12.0. The molecule has 2 rings (SSSR count). The van der Waals surface area contributed by atoms with Crippen LogP contribution >= 0.6 is 38.5 Å². The largest absolute Gasteiger partial charge is 0.271 e. The number of hydrazine groups is 1. The van der Waals surface area contributed by atoms with Crippen LogP contribution in [0.2, 0.25) is 0 Å². The number of hydrogen-bond donors (Lipinski definition) is 2. The molecular formula is C13H9BrIN3O2. The molecule has 2 amide bonds. The smallest absolute Gasteiger partial charge is 0.267 e. The zero-order chi connectivity index (χ0) is 14.5. The van der Waals surface area contributed by atoms with E-state index in [-0.39, 0.29) is 5.91 Å². The van der Waals surface area contributed by atoms with Gasteiger partial charge in [-0.25, -0.2) is 0 Å². The monoisotopic (exact) mass is 445 g/mol. The highest BCUT2D eigenvalue weighted by molar-refractivity contribution is 14.1. The molecule has 1 aromatic heterocycles. The van der Waals surface area contributed by atoms with Gasteiger partial charge in [0.1, 0.15) is 0 Å². The molecule has 1 aromatic carbocycles. The normalized spacial score (nSPS) is 9.90. The van der Waals surface area contributed by atoms with Crippen molar-refractivity contribution >= 4 is 50.3 Å². The third-order valence-corrected chi connectivity index (χ3v) is 3.82. The van der Waals surface area contributed by atoms with Crippen molar-refractivity contribution < 1.29 is 9.59 Å². The number of nitrogens with one attached hydrogen (secondary N) is 2. The molecule has 0 fully saturated rings. The van der Waals surface area contributed by atoms with Gasteiger partial charge < -0.3 is 0 Å². The van der Waals surface area contributed by atoms with E-state index in [0.29, 0.717) is 11.1 Å². The summed E-state index contributed by atoms with van der Waals surface area (Å²) in [5, 5.41) is 0. The fourth-order valence-corrected chi connectivity index (χ4v) is 2.36. The summed E-state index contributed by atoms with van der Waals surface area (Å²) in [5.74, 6) is -0.801. The summed E-state index contributed by atoms with van der Waals surface area (Å²) in [6.45, 7) is 0. The standard InChI is InChI=1S/C13H9BrIN3O2/c14-9-3-4-11(15)10(6-9)13(20)18-17-12(19)8-2-1-5-16-7-8/h1-7H,(H,17,19)(H,18,20). The third kappa shape index (κ3) is 3.76. The van der Waals surface area contributed by atoms with E-state index in [9.17, 15) is 9.59 Å². The van der Waals surface area contributed by atoms with Crippen LogP contribution in [0.4, 0.5) is 0 Å². The van der Waals surface area contributed by atoms with Gasteiger partial charge in [-0.05, 0) is 52.9 Å². The zero-order valence-corrected chi connectivity index (χ0v) is 13.8. The van der Waals surface area contributed by atoms with Gasteiger partial charge >= 0.3 is 0 Å². The van der Waals surface area contributed by atoms with Crippen molar-refractivity contribution in [3.05, 3.63) is 61.9 Å². The minimum absolute atomic E-state index is 0.372. The molecule has 0 saturated carbocycles. The zero-order valence-electron chi connectivity index (χ0n) is 10.1. The molecule has 2 N–H and O–H groups in total. The van der Waals surface area contributed by atoms with Gasteiger partial charge in [0.05, 0.1) is 11.1 Å². The van der Waals surface area contributed by atoms with E-state index >= 15 is 0 Å². The number of aromatic nitrogens is 1. The lowest BCUT2D eigenvalue weighted by molar-refractivity contribution is 0.0846. The van der Waals surface area contributed by atoms with E-state index in [1.54, 1.807) is 24.4 Å². The molecule has 0 unspecified atom stereocenters. The molecule has 0 aliphatic heterocycles. The summed E-state index contributed by atoms with van der Waals surface area (Å²) in [6.07, 6.45) is 2.99. The minimum atomic E-state index is -0.420. The van der Waals surface area contributed by atoms with Gasteiger partial charge in [0, 0.05) is 20.4 Å². The van der Waals surface area contributed by atoms with Crippen LogP contribution in [0.25, 0.3) is 0 Å². The Balaban J connectivity index is 2.02. The summed E-state index contributed by atoms with van der Waals surface area (Å²) < 4.78 is 1.58. The summed E-state index contributed by atoms with van der Waals surface area (Å²) in [6, 6.07) is 8.59. The molecule has 1 heterocycles. The number of halogens is 2. The number of hydrogen-bond acceptors (Lipinski definition) is 3. The SMILES string of the molecule is O=C(NNC(=O)c1cc(Br)ccc1I)c1cccnc1. The number of amides is 2. The minimum Gasteiger partial charge on any atom is -0.267 e. The van der Waals surface area contributed by atoms with Gasteiger partial charge in [0.2, 0.25) is 0 Å². The van der Waals surface area contributed by atoms with E-state index in [2.05, 4.69) is 54.4 Å². The van der Waals surface area contributed by atoms with Gasteiger partial charge in [0.25, 0.3) is 11.8 Å². The van der Waals surface area contributed by atoms with Crippen LogP contribution in [0.1, 0.15) is 20.7 Å². The molecule has 0 aliphatic rings. The van der Waals surface area contributed by atoms with Crippen LogP contribution in [0.3, 0.4) is 0 Å². The van der Waals surface area contributed by atoms with Crippen molar-refractivity contribution in [3.63, 3.8) is 0 Å². The Morgan fingerprint density at radius 1 is 1.15 bits per heavy atom. The predicted molar refractivity (Wildman–Crippen MR) is 86.0 cm³/mol. The Morgan fingerprint density at radius 2 is 1.90 bits per heavy atom. The molecule has 0 atom stereocenters. The second kappa shape index (κ2) is 6.80. The van der Waals surface area contributed by atoms with Crippen LogP contribution in [0.15, 0.2) is 47.2 Å². The maximum Gasteiger partial charge on any atom is 0.271 e. The van der Waals surface area contributed by atoms with Crippen molar-refractivity contribution in [2.24, 2.45) is 0 Å². The molecule has 0 saturated heterocycles. The lowest BCUT2D eigenvalue weighted by Gasteiger charge is -2.08. The first-order valence-corrected chi connectivity index (χ1v) is 7.41. The first-order chi connectivity index (χ1) is 9.58. The van der Waals surface area contributed by atoms with Crippen LogP contribution in [-0.2, 0) is 0 Å². The van der Waals surface area contributed by atoms with E-state index in [0.717, 1.165) is 8.04 Å². The van der Waals surface area contributed by atoms with Crippen molar-refractivity contribution in [3.8, 4) is 0 Å². The second-order valence-corrected chi connectivity index (χ2v) is 5.85. The Hall–Kier alpha value is -1.48. The molecule has 0 radical (unpaired) electrons. The molecule has 2 aromatic rings. The maximum atomic E-state index is 12.0. The van der Waals surface area contributed by atoms with E-state index < -0.39 is 5.91 Å². The highest BCUT2D eigenvalue weighted by Crippen LogP contribution is 2.18. The van der Waals surface area contributed by atoms with E-state index in [4.69, 9.17) is 0 Å². The highest BCUT2D eigenvalue weighted by atomic mass is 127. The summed E-state index contributed by atoms with van der Waals surface area (Å²) in [7, 11) is 0. The van der Waals surface area contributed by atoms with Crippen molar-refractivity contribution in [1.29, 1.82) is 0 Å². The van der Waals surface area contributed by atoms with Crippen molar-refractivity contribution in [2.75, 3.05) is 0 Å². The third-order valence-electron chi connectivity index (χ3n) is 2.39. The highest BCUT2D eigenvalue weighted by Gasteiger charge is 2.12. The molecule has 0 bridgehead atoms. The Bertz CT molecular complexity index is 649. The summed E-state index contributed by atoms with van der Waals surface area (Å²) >= 11 is 5.36. The number of pyridine rings is 1. The van der Waals surface area contributed by atoms with Crippen LogP contribution in [-0.4, -0.2) is 16.8 Å². The average molecular weight is 446 g/mol. The Morgan fingerprint density at radius 3 is 2.60 bits per heavy atom. The molecule has 102 valence electrons. The summed E-state index contributed by atoms with van der Waals surface area (Å²) in [5.41, 5.74) is 5.57. The van der Waals surface area contributed by atoms with Crippen molar-refractivity contribution in [1.82, 2.24) is 15.8 Å². The summed E-state index contributed by atoms with van der Waals surface area (Å²) in [4.78, 5) is 27.6. The Labute approximate surface area is 137 Å². The van der Waals surface area contributed by atoms with Crippen LogP contribution < -0.4 is 10.9 Å². The van der Waals surface area contributed by atoms with Gasteiger partial charge in [-0.2, -0.15) is 0 Å². The number of carbonyl (C=O) groups excluding carboxylic acids is 2. The number of carbonyl (C=O) groups is 2. The molecule has 0 aliphatic carbocycles. The number of rotatable bonds is 2. The Kier molecular flexibility index (Phi) is 5.07. The van der Waals surface area contributed by atoms with Gasteiger partial charge in [-0.15, -0.1) is 0 Å².